The van der Waals surface area contributed by atoms with Gasteiger partial charge in [-0.2, -0.15) is 0 Å². The molecule has 0 saturated heterocycles. The molecule has 0 aliphatic heterocycles. The molecular formula is C21H21FN2O3S. The summed E-state index contributed by atoms with van der Waals surface area (Å²) in [6, 6.07) is 13.5. The number of hydrogen-bond acceptors (Lipinski definition) is 5. The molecule has 1 heterocycles. The van der Waals surface area contributed by atoms with Crippen LogP contribution < -0.4 is 5.32 Å². The Hall–Kier alpha value is -2.80. The average molecular weight is 400 g/mol. The minimum atomic E-state index is -0.944. The molecule has 0 saturated carbocycles. The van der Waals surface area contributed by atoms with Gasteiger partial charge in [-0.15, -0.1) is 11.3 Å². The average Bonchev–Trinajstić information content (AvgIpc) is 3.08. The van der Waals surface area contributed by atoms with Crippen LogP contribution in [0.25, 0.3) is 10.2 Å². The molecule has 0 unspecified atom stereocenters. The van der Waals surface area contributed by atoms with E-state index in [1.807, 2.05) is 24.3 Å². The lowest BCUT2D eigenvalue weighted by molar-refractivity contribution is -0.153. The molecule has 0 fully saturated rings. The number of halogens is 1. The fraction of sp³-hybridized carbons (Fsp3) is 0.286. The fourth-order valence-electron chi connectivity index (χ4n) is 2.69. The Bertz CT molecular complexity index is 940. The first kappa shape index (κ1) is 19.9. The first-order chi connectivity index (χ1) is 13.5. The SMILES string of the molecule is C[C@@H](OC(=O)CCCCc1nc2ccccc2s1)C(=O)Nc1cccc(F)c1. The molecule has 1 aromatic heterocycles. The van der Waals surface area contributed by atoms with Crippen LogP contribution in [0.1, 0.15) is 31.2 Å². The van der Waals surface area contributed by atoms with E-state index in [0.717, 1.165) is 28.1 Å². The van der Waals surface area contributed by atoms with Crippen molar-refractivity contribution < 1.29 is 18.7 Å². The zero-order valence-corrected chi connectivity index (χ0v) is 16.3. The molecular weight excluding hydrogens is 379 g/mol. The highest BCUT2D eigenvalue weighted by Gasteiger charge is 2.18. The second-order valence-corrected chi connectivity index (χ2v) is 7.53. The maximum absolute atomic E-state index is 13.1. The number of esters is 1. The second kappa shape index (κ2) is 9.41. The van der Waals surface area contributed by atoms with Crippen molar-refractivity contribution in [3.8, 4) is 0 Å². The van der Waals surface area contributed by atoms with Crippen LogP contribution in [0.2, 0.25) is 0 Å². The number of aryl methyl sites for hydroxylation is 1. The molecule has 1 N–H and O–H groups in total. The number of benzene rings is 2. The Morgan fingerprint density at radius 1 is 1.18 bits per heavy atom. The third kappa shape index (κ3) is 5.60. The van der Waals surface area contributed by atoms with Gasteiger partial charge in [0.1, 0.15) is 5.82 Å². The number of amides is 1. The predicted molar refractivity (Wildman–Crippen MR) is 108 cm³/mol. The van der Waals surface area contributed by atoms with Gasteiger partial charge in [-0.1, -0.05) is 18.2 Å². The molecule has 2 aromatic carbocycles. The fourth-order valence-corrected chi connectivity index (χ4v) is 3.70. The number of carbonyl (C=O) groups excluding carboxylic acids is 2. The molecule has 0 bridgehead atoms. The van der Waals surface area contributed by atoms with Crippen molar-refractivity contribution in [2.75, 3.05) is 5.32 Å². The number of unbranched alkanes of at least 4 members (excludes halogenated alkanes) is 1. The van der Waals surface area contributed by atoms with Crippen molar-refractivity contribution >= 4 is 39.1 Å². The van der Waals surface area contributed by atoms with E-state index in [9.17, 15) is 14.0 Å². The molecule has 7 heteroatoms. The summed E-state index contributed by atoms with van der Waals surface area (Å²) in [4.78, 5) is 28.6. The summed E-state index contributed by atoms with van der Waals surface area (Å²) < 4.78 is 19.5. The highest BCUT2D eigenvalue weighted by molar-refractivity contribution is 7.18. The third-order valence-electron chi connectivity index (χ3n) is 4.13. The van der Waals surface area contributed by atoms with Gasteiger partial charge in [0.15, 0.2) is 6.10 Å². The number of nitrogens with zero attached hydrogens (tertiary/aromatic N) is 1. The van der Waals surface area contributed by atoms with E-state index >= 15 is 0 Å². The van der Waals surface area contributed by atoms with E-state index < -0.39 is 23.8 Å². The number of thiazole rings is 1. The standard InChI is InChI=1S/C21H21FN2O3S/c1-14(21(26)23-16-8-6-7-15(22)13-16)27-20(25)12-5-4-11-19-24-17-9-2-3-10-18(17)28-19/h2-3,6-10,13-14H,4-5,11-12H2,1H3,(H,23,26)/t14-/m1/s1. The number of ether oxygens (including phenoxy) is 1. The molecule has 28 heavy (non-hydrogen) atoms. The van der Waals surface area contributed by atoms with E-state index in [1.54, 1.807) is 17.4 Å². The maximum atomic E-state index is 13.1. The van der Waals surface area contributed by atoms with Crippen molar-refractivity contribution in [3.05, 3.63) is 59.4 Å². The summed E-state index contributed by atoms with van der Waals surface area (Å²) in [5.74, 6) is -1.37. The molecule has 0 radical (unpaired) electrons. The Labute approximate surface area is 166 Å². The smallest absolute Gasteiger partial charge is 0.306 e. The van der Waals surface area contributed by atoms with Crippen molar-refractivity contribution in [1.82, 2.24) is 4.98 Å². The lowest BCUT2D eigenvalue weighted by atomic mass is 10.2. The second-order valence-electron chi connectivity index (χ2n) is 6.41. The van der Waals surface area contributed by atoms with Gasteiger partial charge in [0.2, 0.25) is 0 Å². The van der Waals surface area contributed by atoms with Gasteiger partial charge in [0.25, 0.3) is 5.91 Å². The number of anilines is 1. The number of hydrogen-bond donors (Lipinski definition) is 1. The molecule has 1 amide bonds. The summed E-state index contributed by atoms with van der Waals surface area (Å²) in [5.41, 5.74) is 1.32. The quantitative estimate of drug-likeness (QED) is 0.439. The Kier molecular flexibility index (Phi) is 6.71. The van der Waals surface area contributed by atoms with Gasteiger partial charge < -0.3 is 10.1 Å². The zero-order valence-electron chi connectivity index (χ0n) is 15.5. The summed E-state index contributed by atoms with van der Waals surface area (Å²) >= 11 is 1.67. The van der Waals surface area contributed by atoms with Gasteiger partial charge >= 0.3 is 5.97 Å². The van der Waals surface area contributed by atoms with Crippen LogP contribution in [0.3, 0.4) is 0 Å². The number of para-hydroxylation sites is 1. The minimum Gasteiger partial charge on any atom is -0.453 e. The predicted octanol–water partition coefficient (Wildman–Crippen LogP) is 4.72. The Balaban J connectivity index is 1.38. The van der Waals surface area contributed by atoms with Crippen LogP contribution in [0.4, 0.5) is 10.1 Å². The lowest BCUT2D eigenvalue weighted by Gasteiger charge is -2.13. The van der Waals surface area contributed by atoms with Crippen molar-refractivity contribution in [2.45, 2.75) is 38.7 Å². The number of fused-ring (bicyclic) bond motifs is 1. The first-order valence-electron chi connectivity index (χ1n) is 9.11. The Morgan fingerprint density at radius 3 is 2.79 bits per heavy atom. The largest absolute Gasteiger partial charge is 0.453 e. The first-order valence-corrected chi connectivity index (χ1v) is 9.93. The van der Waals surface area contributed by atoms with Gasteiger partial charge in [-0.3, -0.25) is 9.59 Å². The highest BCUT2D eigenvalue weighted by Crippen LogP contribution is 2.23. The molecule has 3 rings (SSSR count). The van der Waals surface area contributed by atoms with E-state index in [1.165, 1.54) is 25.1 Å². The summed E-state index contributed by atoms with van der Waals surface area (Å²) in [6.45, 7) is 1.49. The van der Waals surface area contributed by atoms with E-state index in [-0.39, 0.29) is 6.42 Å². The van der Waals surface area contributed by atoms with Gasteiger partial charge in [-0.25, -0.2) is 9.37 Å². The molecule has 5 nitrogen and oxygen atoms in total. The third-order valence-corrected chi connectivity index (χ3v) is 5.23. The van der Waals surface area contributed by atoms with E-state index in [0.29, 0.717) is 12.1 Å². The van der Waals surface area contributed by atoms with Crippen molar-refractivity contribution in [3.63, 3.8) is 0 Å². The minimum absolute atomic E-state index is 0.239. The zero-order chi connectivity index (χ0) is 19.9. The highest BCUT2D eigenvalue weighted by atomic mass is 32.1. The molecule has 1 atom stereocenters. The Morgan fingerprint density at radius 2 is 2.00 bits per heavy atom. The van der Waals surface area contributed by atoms with Crippen LogP contribution in [-0.4, -0.2) is 23.0 Å². The van der Waals surface area contributed by atoms with Gasteiger partial charge in [0.05, 0.1) is 15.2 Å². The molecule has 0 aliphatic carbocycles. The number of aromatic nitrogens is 1. The molecule has 3 aromatic rings. The van der Waals surface area contributed by atoms with Crippen molar-refractivity contribution in [1.29, 1.82) is 0 Å². The van der Waals surface area contributed by atoms with Crippen molar-refractivity contribution in [2.24, 2.45) is 0 Å². The van der Waals surface area contributed by atoms with E-state index in [2.05, 4.69) is 10.3 Å². The number of nitrogens with one attached hydrogen (secondary N) is 1. The van der Waals surface area contributed by atoms with Crippen LogP contribution in [-0.2, 0) is 20.7 Å². The van der Waals surface area contributed by atoms with Crippen LogP contribution >= 0.6 is 11.3 Å². The van der Waals surface area contributed by atoms with Crippen LogP contribution in [0, 0.1) is 5.82 Å². The van der Waals surface area contributed by atoms with E-state index in [4.69, 9.17) is 4.74 Å². The maximum Gasteiger partial charge on any atom is 0.306 e. The van der Waals surface area contributed by atoms with Crippen LogP contribution in [0.5, 0.6) is 0 Å². The monoisotopic (exact) mass is 400 g/mol. The normalized spacial score (nSPS) is 11.9. The summed E-state index contributed by atoms with van der Waals surface area (Å²) in [5, 5.41) is 3.58. The van der Waals surface area contributed by atoms with Gasteiger partial charge in [-0.05, 0) is 56.5 Å². The number of rotatable bonds is 8. The topological polar surface area (TPSA) is 68.3 Å². The summed E-state index contributed by atoms with van der Waals surface area (Å²) in [7, 11) is 0. The molecule has 0 spiro atoms. The number of carbonyl (C=O) groups is 2. The van der Waals surface area contributed by atoms with Gasteiger partial charge in [0, 0.05) is 12.1 Å². The molecule has 146 valence electrons. The van der Waals surface area contributed by atoms with Crippen LogP contribution in [0.15, 0.2) is 48.5 Å². The summed E-state index contributed by atoms with van der Waals surface area (Å²) in [6.07, 6.45) is 1.58. The molecule has 0 aliphatic rings. The lowest BCUT2D eigenvalue weighted by Crippen LogP contribution is -2.29.